The van der Waals surface area contributed by atoms with Crippen molar-refractivity contribution >= 4 is 22.0 Å². The third-order valence-corrected chi connectivity index (χ3v) is 4.92. The van der Waals surface area contributed by atoms with E-state index in [9.17, 15) is 18.0 Å². The number of carbonyl (C=O) groups is 2. The monoisotopic (exact) mass is 363 g/mol. The Bertz CT molecular complexity index is 548. The van der Waals surface area contributed by atoms with Crippen molar-refractivity contribution in [3.63, 3.8) is 0 Å². The first-order chi connectivity index (χ1) is 10.9. The number of piperidine rings is 1. The molecule has 0 radical (unpaired) electrons. The molecule has 0 aliphatic carbocycles. The van der Waals surface area contributed by atoms with Crippen molar-refractivity contribution in [1.29, 1.82) is 0 Å². The second-order valence-corrected chi connectivity index (χ2v) is 8.96. The van der Waals surface area contributed by atoms with Gasteiger partial charge in [-0.2, -0.15) is 4.31 Å². The van der Waals surface area contributed by atoms with Crippen molar-refractivity contribution in [1.82, 2.24) is 14.5 Å². The number of amides is 2. The van der Waals surface area contributed by atoms with Crippen molar-refractivity contribution in [2.24, 2.45) is 0 Å². The van der Waals surface area contributed by atoms with Gasteiger partial charge in [0.1, 0.15) is 0 Å². The summed E-state index contributed by atoms with van der Waals surface area (Å²) in [6.07, 6.45) is 1.69. The van der Waals surface area contributed by atoms with E-state index in [1.54, 1.807) is 11.8 Å². The van der Waals surface area contributed by atoms with Crippen molar-refractivity contribution < 1.29 is 22.7 Å². The third-order valence-electron chi connectivity index (χ3n) is 3.64. The number of likely N-dealkylation sites (tertiary alicyclic amines) is 1. The predicted molar refractivity (Wildman–Crippen MR) is 91.1 cm³/mol. The van der Waals surface area contributed by atoms with E-state index in [1.165, 1.54) is 4.31 Å². The molecule has 1 aliphatic rings. The van der Waals surface area contributed by atoms with Gasteiger partial charge in [-0.1, -0.05) is 0 Å². The molecule has 2 amide bonds. The van der Waals surface area contributed by atoms with Crippen LogP contribution in [0.1, 0.15) is 40.5 Å². The molecule has 0 saturated carbocycles. The van der Waals surface area contributed by atoms with Crippen molar-refractivity contribution in [3.05, 3.63) is 0 Å². The van der Waals surface area contributed by atoms with E-state index < -0.39 is 15.6 Å². The highest BCUT2D eigenvalue weighted by Crippen LogP contribution is 2.19. The highest BCUT2D eigenvalue weighted by atomic mass is 32.2. The lowest BCUT2D eigenvalue weighted by Crippen LogP contribution is -2.53. The van der Waals surface area contributed by atoms with Gasteiger partial charge < -0.3 is 15.0 Å². The molecule has 1 fully saturated rings. The number of carbonyl (C=O) groups excluding carboxylic acids is 2. The molecule has 1 saturated heterocycles. The first-order valence-electron chi connectivity index (χ1n) is 8.13. The van der Waals surface area contributed by atoms with Gasteiger partial charge in [0.2, 0.25) is 15.9 Å². The topological polar surface area (TPSA) is 96.0 Å². The van der Waals surface area contributed by atoms with Crippen LogP contribution in [0.15, 0.2) is 0 Å². The Morgan fingerprint density at radius 2 is 1.79 bits per heavy atom. The molecule has 140 valence electrons. The summed E-state index contributed by atoms with van der Waals surface area (Å²) in [7, 11) is -3.53. The zero-order chi connectivity index (χ0) is 18.5. The minimum absolute atomic E-state index is 0.208. The Hall–Kier alpha value is -1.35. The number of hydrogen-bond donors (Lipinski definition) is 1. The van der Waals surface area contributed by atoms with Crippen LogP contribution in [0.2, 0.25) is 0 Å². The molecule has 0 unspecified atom stereocenters. The fraction of sp³-hybridized carbons (Fsp3) is 0.867. The van der Waals surface area contributed by atoms with E-state index in [4.69, 9.17) is 4.74 Å². The molecular weight excluding hydrogens is 334 g/mol. The Morgan fingerprint density at radius 3 is 2.21 bits per heavy atom. The Kier molecular flexibility index (Phi) is 7.03. The van der Waals surface area contributed by atoms with Gasteiger partial charge in [-0.25, -0.2) is 13.2 Å². The number of hydrogen-bond acceptors (Lipinski definition) is 5. The molecule has 1 rings (SSSR count). The standard InChI is InChI=1S/C15H29N3O5S/c1-6-23-14(20)17-9-7-12(8-10-17)18(24(5,21)22)11-13(19)16-15(2,3)4/h12H,6-11H2,1-5H3,(H,16,19). The minimum Gasteiger partial charge on any atom is -0.450 e. The SMILES string of the molecule is CCOC(=O)N1CCC(N(CC(=O)NC(C)(C)C)S(C)(=O)=O)CC1. The third kappa shape index (κ3) is 6.64. The number of ether oxygens (including phenoxy) is 1. The Labute approximate surface area is 144 Å². The summed E-state index contributed by atoms with van der Waals surface area (Å²) in [5.74, 6) is -0.333. The Morgan fingerprint density at radius 1 is 1.25 bits per heavy atom. The summed E-state index contributed by atoms with van der Waals surface area (Å²) in [5.41, 5.74) is -0.423. The van der Waals surface area contributed by atoms with Gasteiger partial charge in [-0.05, 0) is 40.5 Å². The summed E-state index contributed by atoms with van der Waals surface area (Å²) < 4.78 is 30.4. The van der Waals surface area contributed by atoms with Crippen LogP contribution >= 0.6 is 0 Å². The van der Waals surface area contributed by atoms with Crippen LogP contribution < -0.4 is 5.32 Å². The van der Waals surface area contributed by atoms with E-state index in [2.05, 4.69) is 5.32 Å². The number of sulfonamides is 1. The van der Waals surface area contributed by atoms with E-state index in [0.29, 0.717) is 32.5 Å². The van der Waals surface area contributed by atoms with Crippen LogP contribution in [0.25, 0.3) is 0 Å². The molecule has 0 bridgehead atoms. The smallest absolute Gasteiger partial charge is 0.409 e. The maximum atomic E-state index is 12.1. The van der Waals surface area contributed by atoms with Gasteiger partial charge in [0, 0.05) is 24.7 Å². The van der Waals surface area contributed by atoms with Crippen LogP contribution in [0.3, 0.4) is 0 Å². The second kappa shape index (κ2) is 8.15. The zero-order valence-electron chi connectivity index (χ0n) is 15.2. The minimum atomic E-state index is -3.53. The van der Waals surface area contributed by atoms with Crippen molar-refractivity contribution in [2.75, 3.05) is 32.5 Å². The normalized spacial score (nSPS) is 17.0. The van der Waals surface area contributed by atoms with Gasteiger partial charge in [-0.3, -0.25) is 4.79 Å². The lowest BCUT2D eigenvalue weighted by molar-refractivity contribution is -0.123. The first kappa shape index (κ1) is 20.7. The van der Waals surface area contributed by atoms with Gasteiger partial charge in [0.25, 0.3) is 0 Å². The molecule has 0 aromatic rings. The summed E-state index contributed by atoms with van der Waals surface area (Å²) in [5, 5.41) is 2.77. The molecule has 8 nitrogen and oxygen atoms in total. The molecule has 0 spiro atoms. The van der Waals surface area contributed by atoms with Gasteiger partial charge in [-0.15, -0.1) is 0 Å². The molecule has 0 aromatic carbocycles. The van der Waals surface area contributed by atoms with Crippen LogP contribution in [0, 0.1) is 0 Å². The first-order valence-corrected chi connectivity index (χ1v) is 9.98. The molecule has 24 heavy (non-hydrogen) atoms. The summed E-state index contributed by atoms with van der Waals surface area (Å²) in [4.78, 5) is 25.4. The van der Waals surface area contributed by atoms with E-state index in [0.717, 1.165) is 6.26 Å². The van der Waals surface area contributed by atoms with E-state index >= 15 is 0 Å². The largest absolute Gasteiger partial charge is 0.450 e. The molecule has 1 heterocycles. The fourth-order valence-corrected chi connectivity index (χ4v) is 3.77. The van der Waals surface area contributed by atoms with Crippen molar-refractivity contribution in [2.45, 2.75) is 52.1 Å². The average molecular weight is 363 g/mol. The van der Waals surface area contributed by atoms with Gasteiger partial charge >= 0.3 is 6.09 Å². The number of nitrogens with one attached hydrogen (secondary N) is 1. The molecule has 0 atom stereocenters. The predicted octanol–water partition coefficient (Wildman–Crippen LogP) is 0.784. The van der Waals surface area contributed by atoms with Crippen LogP contribution in [-0.2, 0) is 19.6 Å². The van der Waals surface area contributed by atoms with Crippen LogP contribution in [0.4, 0.5) is 4.79 Å². The number of rotatable bonds is 5. The van der Waals surface area contributed by atoms with Gasteiger partial charge in [0.05, 0.1) is 19.4 Å². The molecule has 1 N–H and O–H groups in total. The Balaban J connectivity index is 2.72. The lowest BCUT2D eigenvalue weighted by atomic mass is 10.1. The molecule has 9 heteroatoms. The van der Waals surface area contributed by atoms with Crippen molar-refractivity contribution in [3.8, 4) is 0 Å². The summed E-state index contributed by atoms with van der Waals surface area (Å²) in [6, 6.07) is -0.295. The quantitative estimate of drug-likeness (QED) is 0.779. The molecule has 0 aromatic heterocycles. The second-order valence-electron chi connectivity index (χ2n) is 7.02. The molecular formula is C15H29N3O5S. The lowest BCUT2D eigenvalue weighted by Gasteiger charge is -2.36. The van der Waals surface area contributed by atoms with E-state index in [-0.39, 0.29) is 24.6 Å². The fourth-order valence-electron chi connectivity index (χ4n) is 2.67. The maximum absolute atomic E-state index is 12.1. The zero-order valence-corrected chi connectivity index (χ0v) is 16.0. The van der Waals surface area contributed by atoms with Gasteiger partial charge in [0.15, 0.2) is 0 Å². The van der Waals surface area contributed by atoms with E-state index in [1.807, 2.05) is 20.8 Å². The maximum Gasteiger partial charge on any atom is 0.409 e. The summed E-state index contributed by atoms with van der Waals surface area (Å²) in [6.45, 7) is 8.19. The highest BCUT2D eigenvalue weighted by Gasteiger charge is 2.33. The van der Waals surface area contributed by atoms with Crippen LogP contribution in [0.5, 0.6) is 0 Å². The highest BCUT2D eigenvalue weighted by molar-refractivity contribution is 7.88. The van der Waals surface area contributed by atoms with Crippen LogP contribution in [-0.4, -0.2) is 73.7 Å². The number of nitrogens with zero attached hydrogens (tertiary/aromatic N) is 2. The molecule has 1 aliphatic heterocycles. The summed E-state index contributed by atoms with van der Waals surface area (Å²) >= 11 is 0. The average Bonchev–Trinajstić information content (AvgIpc) is 2.42.